The van der Waals surface area contributed by atoms with Gasteiger partial charge in [0.2, 0.25) is 17.7 Å². The van der Waals surface area contributed by atoms with Crippen molar-refractivity contribution >= 4 is 17.7 Å². The first-order valence-electron chi connectivity index (χ1n) is 9.15. The molecule has 2 fully saturated rings. The van der Waals surface area contributed by atoms with Gasteiger partial charge in [0.25, 0.3) is 0 Å². The largest absolute Gasteiger partial charge is 0.352 e. The Balaban J connectivity index is 1.70. The van der Waals surface area contributed by atoms with Crippen molar-refractivity contribution in [1.82, 2.24) is 20.4 Å². The molecule has 3 amide bonds. The van der Waals surface area contributed by atoms with Crippen LogP contribution in [0.15, 0.2) is 0 Å². The van der Waals surface area contributed by atoms with Crippen LogP contribution in [0.4, 0.5) is 0 Å². The molecule has 1 aliphatic carbocycles. The van der Waals surface area contributed by atoms with Gasteiger partial charge in [0.15, 0.2) is 0 Å². The molecule has 2 rings (SSSR count). The van der Waals surface area contributed by atoms with Crippen molar-refractivity contribution < 1.29 is 14.4 Å². The summed E-state index contributed by atoms with van der Waals surface area (Å²) >= 11 is 0. The number of piperazine rings is 1. The Morgan fingerprint density at radius 1 is 1.04 bits per heavy atom. The summed E-state index contributed by atoms with van der Waals surface area (Å²) in [7, 11) is 0. The predicted octanol–water partition coefficient (Wildman–Crippen LogP) is -1.10. The van der Waals surface area contributed by atoms with E-state index in [4.69, 9.17) is 5.73 Å². The molecule has 0 bridgehead atoms. The summed E-state index contributed by atoms with van der Waals surface area (Å²) in [4.78, 5) is 40.0. The first-order chi connectivity index (χ1) is 11.8. The standard InChI is InChI=1S/C17H31N5O3/c1-11(2)15(18)17(25)19-10-14(23)22-8-6-21(7-9-22)12(3)16(24)20-13-4-5-13/h11-13,15H,4-10,18H2,1-3H3,(H,19,25)(H,20,24)/t12?,15-/m0/s1. The van der Waals surface area contributed by atoms with E-state index in [-0.39, 0.29) is 36.2 Å². The van der Waals surface area contributed by atoms with Crippen LogP contribution in [0.25, 0.3) is 0 Å². The lowest BCUT2D eigenvalue weighted by Crippen LogP contribution is -2.56. The first kappa shape index (κ1) is 19.7. The first-order valence-corrected chi connectivity index (χ1v) is 9.15. The molecule has 1 saturated heterocycles. The maximum atomic E-state index is 12.2. The Bertz CT molecular complexity index is 499. The van der Waals surface area contributed by atoms with Gasteiger partial charge in [0.1, 0.15) is 0 Å². The molecule has 1 saturated carbocycles. The second-order valence-corrected chi connectivity index (χ2v) is 7.36. The number of carbonyl (C=O) groups is 3. The van der Waals surface area contributed by atoms with Crippen LogP contribution in [0, 0.1) is 5.92 Å². The van der Waals surface area contributed by atoms with Crippen molar-refractivity contribution in [3.05, 3.63) is 0 Å². The Labute approximate surface area is 149 Å². The van der Waals surface area contributed by atoms with Crippen molar-refractivity contribution in [1.29, 1.82) is 0 Å². The average molecular weight is 353 g/mol. The highest BCUT2D eigenvalue weighted by Gasteiger charge is 2.31. The maximum Gasteiger partial charge on any atom is 0.242 e. The molecule has 8 nitrogen and oxygen atoms in total. The molecule has 0 aromatic heterocycles. The van der Waals surface area contributed by atoms with Crippen LogP contribution >= 0.6 is 0 Å². The monoisotopic (exact) mass is 353 g/mol. The SMILES string of the molecule is CC(C)[C@H](N)C(=O)NCC(=O)N1CCN(C(C)C(=O)NC2CC2)CC1. The van der Waals surface area contributed by atoms with E-state index in [0.29, 0.717) is 32.2 Å². The third-order valence-corrected chi connectivity index (χ3v) is 4.95. The van der Waals surface area contributed by atoms with Crippen molar-refractivity contribution in [3.8, 4) is 0 Å². The Hall–Kier alpha value is -1.67. The van der Waals surface area contributed by atoms with Gasteiger partial charge in [-0.15, -0.1) is 0 Å². The number of amides is 3. The number of rotatable bonds is 7. The Morgan fingerprint density at radius 2 is 1.64 bits per heavy atom. The van der Waals surface area contributed by atoms with Crippen molar-refractivity contribution in [3.63, 3.8) is 0 Å². The van der Waals surface area contributed by atoms with Crippen LogP contribution in [0.5, 0.6) is 0 Å². The topological polar surface area (TPSA) is 108 Å². The van der Waals surface area contributed by atoms with E-state index in [1.54, 1.807) is 4.90 Å². The van der Waals surface area contributed by atoms with Crippen LogP contribution in [0.3, 0.4) is 0 Å². The normalized spacial score (nSPS) is 20.9. The van der Waals surface area contributed by atoms with Crippen molar-refractivity contribution in [2.45, 2.75) is 51.7 Å². The van der Waals surface area contributed by atoms with E-state index in [2.05, 4.69) is 15.5 Å². The third kappa shape index (κ3) is 5.67. The summed E-state index contributed by atoms with van der Waals surface area (Å²) in [5.41, 5.74) is 5.76. The number of nitrogens with two attached hydrogens (primary N) is 1. The molecular formula is C17H31N5O3. The second-order valence-electron chi connectivity index (χ2n) is 7.36. The highest BCUT2D eigenvalue weighted by atomic mass is 16.2. The zero-order valence-corrected chi connectivity index (χ0v) is 15.5. The van der Waals surface area contributed by atoms with Crippen LogP contribution < -0.4 is 16.4 Å². The van der Waals surface area contributed by atoms with Gasteiger partial charge >= 0.3 is 0 Å². The summed E-state index contributed by atoms with van der Waals surface area (Å²) in [6, 6.07) is -0.421. The van der Waals surface area contributed by atoms with Crippen molar-refractivity contribution in [2.24, 2.45) is 11.7 Å². The quantitative estimate of drug-likeness (QED) is 0.538. The minimum Gasteiger partial charge on any atom is -0.352 e. The fraction of sp³-hybridized carbons (Fsp3) is 0.824. The highest BCUT2D eigenvalue weighted by molar-refractivity contribution is 5.87. The fourth-order valence-electron chi connectivity index (χ4n) is 2.77. The summed E-state index contributed by atoms with van der Waals surface area (Å²) in [5.74, 6) is -0.314. The highest BCUT2D eigenvalue weighted by Crippen LogP contribution is 2.19. The van der Waals surface area contributed by atoms with Gasteiger partial charge in [-0.2, -0.15) is 0 Å². The minimum absolute atomic E-state index is 0.0296. The van der Waals surface area contributed by atoms with Crippen molar-refractivity contribution in [2.75, 3.05) is 32.7 Å². The summed E-state index contributed by atoms with van der Waals surface area (Å²) in [6.07, 6.45) is 2.15. The molecular weight excluding hydrogens is 322 g/mol. The van der Waals surface area contributed by atoms with Gasteiger partial charge in [-0.3, -0.25) is 19.3 Å². The second kappa shape index (κ2) is 8.62. The molecule has 0 aromatic carbocycles. The number of hydrogen-bond donors (Lipinski definition) is 3. The zero-order valence-electron chi connectivity index (χ0n) is 15.5. The fourth-order valence-corrected chi connectivity index (χ4v) is 2.77. The average Bonchev–Trinajstić information content (AvgIpc) is 3.41. The lowest BCUT2D eigenvalue weighted by Gasteiger charge is -2.37. The lowest BCUT2D eigenvalue weighted by atomic mass is 10.1. The van der Waals surface area contributed by atoms with Gasteiger partial charge in [0, 0.05) is 32.2 Å². The van der Waals surface area contributed by atoms with Crippen LogP contribution in [0.2, 0.25) is 0 Å². The minimum atomic E-state index is -0.601. The molecule has 2 atom stereocenters. The lowest BCUT2D eigenvalue weighted by molar-refractivity contribution is -0.135. The van der Waals surface area contributed by atoms with Gasteiger partial charge in [0.05, 0.1) is 18.6 Å². The van der Waals surface area contributed by atoms with Crippen LogP contribution in [0.1, 0.15) is 33.6 Å². The molecule has 8 heteroatoms. The number of nitrogens with zero attached hydrogens (tertiary/aromatic N) is 2. The summed E-state index contributed by atoms with van der Waals surface area (Å²) in [6.45, 7) is 8.05. The van der Waals surface area contributed by atoms with Gasteiger partial charge < -0.3 is 21.3 Å². The van der Waals surface area contributed by atoms with E-state index >= 15 is 0 Å². The van der Waals surface area contributed by atoms with Crippen LogP contribution in [-0.4, -0.2) is 78.4 Å². The van der Waals surface area contributed by atoms with Crippen LogP contribution in [-0.2, 0) is 14.4 Å². The molecule has 0 aromatic rings. The number of carbonyl (C=O) groups excluding carboxylic acids is 3. The third-order valence-electron chi connectivity index (χ3n) is 4.95. The van der Waals surface area contributed by atoms with E-state index in [1.165, 1.54) is 0 Å². The molecule has 0 radical (unpaired) electrons. The maximum absolute atomic E-state index is 12.2. The summed E-state index contributed by atoms with van der Waals surface area (Å²) < 4.78 is 0. The van der Waals surface area contributed by atoms with Gasteiger partial charge in [-0.25, -0.2) is 0 Å². The molecule has 4 N–H and O–H groups in total. The van der Waals surface area contributed by atoms with Gasteiger partial charge in [-0.1, -0.05) is 13.8 Å². The van der Waals surface area contributed by atoms with E-state index in [9.17, 15) is 14.4 Å². The molecule has 0 spiro atoms. The number of hydrogen-bond acceptors (Lipinski definition) is 5. The van der Waals surface area contributed by atoms with Gasteiger partial charge in [-0.05, 0) is 25.7 Å². The predicted molar refractivity (Wildman–Crippen MR) is 94.6 cm³/mol. The smallest absolute Gasteiger partial charge is 0.242 e. The number of nitrogens with one attached hydrogen (secondary N) is 2. The Kier molecular flexibility index (Phi) is 6.78. The molecule has 142 valence electrons. The summed E-state index contributed by atoms with van der Waals surface area (Å²) in [5, 5.41) is 5.63. The van der Waals surface area contributed by atoms with E-state index in [1.807, 2.05) is 20.8 Å². The molecule has 1 unspecified atom stereocenters. The molecule has 1 aliphatic heterocycles. The zero-order chi connectivity index (χ0) is 18.6. The molecule has 25 heavy (non-hydrogen) atoms. The molecule has 2 aliphatic rings. The Morgan fingerprint density at radius 3 is 2.16 bits per heavy atom. The van der Waals surface area contributed by atoms with E-state index < -0.39 is 6.04 Å². The van der Waals surface area contributed by atoms with E-state index in [0.717, 1.165) is 12.8 Å². The molecule has 1 heterocycles.